The molecule has 1 saturated heterocycles. The highest BCUT2D eigenvalue weighted by molar-refractivity contribution is 7.66. The SMILES string of the molecule is CCN1c2cc3c(cc2C(C)CC1(C)C)C(c1ccccc1C(=O)N(C)CCCC(=O)NCCNC(=O)O[C@H]1[C@@H](O)[C@H]([n+]2cn(C)c4c(=O)[nH]c(N)nc42)O[C@@H]1COP(=O)(O)OP(=O)(O)OP(=O)(O)O)=c1cc2c(cc1O3)=[N+](CC)C(C)(C)CC2C. The van der Waals surface area contributed by atoms with Crippen molar-refractivity contribution in [1.82, 2.24) is 34.6 Å². The number of H-pyrrole nitrogens is 1. The van der Waals surface area contributed by atoms with Crippen molar-refractivity contribution in [1.29, 1.82) is 0 Å². The summed E-state index contributed by atoms with van der Waals surface area (Å²) in [7, 11) is -14.2. The number of nitrogens with two attached hydrogens (primary N) is 1. The van der Waals surface area contributed by atoms with E-state index in [2.05, 4.69) is 118 Å². The number of aliphatic hydroxyl groups excluding tert-OH is 1. The van der Waals surface area contributed by atoms with Crippen molar-refractivity contribution in [2.75, 3.05) is 57.0 Å². The number of phosphoric ester groups is 1. The zero-order valence-electron chi connectivity index (χ0n) is 49.4. The van der Waals surface area contributed by atoms with Crippen molar-refractivity contribution >= 4 is 69.7 Å². The number of fused-ring (bicyclic) bond motifs is 5. The Morgan fingerprint density at radius 3 is 2.33 bits per heavy atom. The number of imidazole rings is 1. The monoisotopic (exact) mass is 1260 g/mol. The minimum Gasteiger partial charge on any atom is -0.456 e. The minimum atomic E-state index is -5.93. The van der Waals surface area contributed by atoms with Gasteiger partial charge in [-0.3, -0.25) is 28.5 Å². The Kier molecular flexibility index (Phi) is 18.1. The number of carbonyl (C=O) groups is 3. The van der Waals surface area contributed by atoms with Crippen LogP contribution in [0, 0.1) is 0 Å². The third-order valence-electron chi connectivity index (χ3n) is 16.2. The third-order valence-corrected chi connectivity index (χ3v) is 20.0. The lowest BCUT2D eigenvalue weighted by atomic mass is 9.77. The van der Waals surface area contributed by atoms with Crippen molar-refractivity contribution in [2.45, 2.75) is 129 Å². The quantitative estimate of drug-likeness (QED) is 0.0298. The molecule has 28 nitrogen and oxygen atoms in total. The number of aliphatic hydroxyl groups is 1. The van der Waals surface area contributed by atoms with E-state index in [-0.39, 0.29) is 78.4 Å². The second-order valence-electron chi connectivity index (χ2n) is 23.3. The number of nitrogen functional groups attached to an aromatic ring is 1. The van der Waals surface area contributed by atoms with E-state index < -0.39 is 72.2 Å². The van der Waals surface area contributed by atoms with Crippen LogP contribution < -0.4 is 51.3 Å². The maximum absolute atomic E-state index is 14.7. The summed E-state index contributed by atoms with van der Waals surface area (Å²) in [6.07, 6.45) is -4.62. The maximum atomic E-state index is 14.7. The lowest BCUT2D eigenvalue weighted by molar-refractivity contribution is -0.745. The molecule has 0 spiro atoms. The highest BCUT2D eigenvalue weighted by Gasteiger charge is 2.52. The molecular formula is C55H75N10O18P3+2. The number of nitrogens with one attached hydrogen (secondary N) is 3. The summed E-state index contributed by atoms with van der Waals surface area (Å²) in [4.78, 5) is 102. The predicted molar refractivity (Wildman–Crippen MR) is 312 cm³/mol. The highest BCUT2D eigenvalue weighted by atomic mass is 31.3. The van der Waals surface area contributed by atoms with Gasteiger partial charge in [0.05, 0.1) is 19.7 Å². The van der Waals surface area contributed by atoms with Crippen molar-refractivity contribution in [3.05, 3.63) is 104 Å². The van der Waals surface area contributed by atoms with Crippen molar-refractivity contribution in [3.8, 4) is 11.5 Å². The Morgan fingerprint density at radius 1 is 0.930 bits per heavy atom. The zero-order valence-corrected chi connectivity index (χ0v) is 52.1. The van der Waals surface area contributed by atoms with Crippen LogP contribution in [0.1, 0.15) is 132 Å². The Bertz CT molecular complexity index is 3870. The Morgan fingerprint density at radius 2 is 1.63 bits per heavy atom. The van der Waals surface area contributed by atoms with E-state index in [0.717, 1.165) is 63.5 Å². The largest absolute Gasteiger partial charge is 0.490 e. The van der Waals surface area contributed by atoms with Gasteiger partial charge >= 0.3 is 35.2 Å². The number of rotatable bonds is 20. The molecule has 3 aromatic carbocycles. The van der Waals surface area contributed by atoms with Crippen LogP contribution in [0.2, 0.25) is 0 Å². The van der Waals surface area contributed by atoms with E-state index >= 15 is 0 Å². The molecule has 8 atom stereocenters. The summed E-state index contributed by atoms with van der Waals surface area (Å²) in [6, 6.07) is 16.5. The molecule has 6 heterocycles. The van der Waals surface area contributed by atoms with Crippen LogP contribution in [-0.4, -0.2) is 138 Å². The molecule has 4 aliphatic rings. The van der Waals surface area contributed by atoms with Gasteiger partial charge in [0.25, 0.3) is 17.4 Å². The molecule has 0 radical (unpaired) electrons. The molecule has 31 heteroatoms. The van der Waals surface area contributed by atoms with E-state index in [1.54, 1.807) is 11.9 Å². The summed E-state index contributed by atoms with van der Waals surface area (Å²) >= 11 is 0. The molecule has 466 valence electrons. The predicted octanol–water partition coefficient (Wildman–Crippen LogP) is 3.76. The van der Waals surface area contributed by atoms with Crippen LogP contribution in [0.5, 0.6) is 11.5 Å². The molecule has 0 aliphatic carbocycles. The zero-order chi connectivity index (χ0) is 62.7. The van der Waals surface area contributed by atoms with Gasteiger partial charge in [-0.15, -0.1) is 0 Å². The van der Waals surface area contributed by atoms with Gasteiger partial charge in [-0.2, -0.15) is 8.62 Å². The van der Waals surface area contributed by atoms with Crippen LogP contribution in [0.15, 0.2) is 59.7 Å². The number of ether oxygens (including phenoxy) is 3. The molecular weight excluding hydrogens is 1180 g/mol. The number of benzene rings is 3. The van der Waals surface area contributed by atoms with Gasteiger partial charge in [0, 0.05) is 90.8 Å². The molecule has 3 amide bonds. The molecule has 86 heavy (non-hydrogen) atoms. The summed E-state index contributed by atoms with van der Waals surface area (Å²) in [5.41, 5.74) is 11.4. The van der Waals surface area contributed by atoms with E-state index in [9.17, 15) is 47.8 Å². The number of aryl methyl sites for hydroxylation is 1. The number of phosphoric acid groups is 3. The summed E-state index contributed by atoms with van der Waals surface area (Å²) in [5, 5.41) is 18.7. The fraction of sp³-hybridized carbons (Fsp3) is 0.509. The number of amides is 3. The van der Waals surface area contributed by atoms with E-state index in [4.69, 9.17) is 34.3 Å². The van der Waals surface area contributed by atoms with Gasteiger partial charge in [0.15, 0.2) is 24.1 Å². The first-order valence-electron chi connectivity index (χ1n) is 28.1. The number of aromatic amines is 1. The first-order chi connectivity index (χ1) is 40.2. The summed E-state index contributed by atoms with van der Waals surface area (Å²) in [5.74, 6) is 0.978. The van der Waals surface area contributed by atoms with E-state index in [1.807, 2.05) is 24.3 Å². The van der Waals surface area contributed by atoms with Gasteiger partial charge in [0.1, 0.15) is 24.1 Å². The number of aromatic nitrogens is 4. The molecule has 0 bridgehead atoms. The van der Waals surface area contributed by atoms with Gasteiger partial charge in [-0.25, -0.2) is 27.6 Å². The highest BCUT2D eigenvalue weighted by Crippen LogP contribution is 2.66. The van der Waals surface area contributed by atoms with Gasteiger partial charge in [-0.05, 0) is 95.5 Å². The smallest absolute Gasteiger partial charge is 0.456 e. The average molecular weight is 1260 g/mol. The minimum absolute atomic E-state index is 0.00537. The summed E-state index contributed by atoms with van der Waals surface area (Å²) in [6.45, 7) is 18.4. The molecule has 5 aromatic rings. The standard InChI is InChI=1S/C55H73N10O18P3/c1-11-64-38-24-40-36(22-34(38)30(3)26-54(64,5)6)44(37-23-35-31(4)27-55(7,8)65(12-2)39(35)25-41(37)79-40)32-16-13-14-17-33(32)50(69)61(9)21-15-18-43(66)57-19-20-58-53(70)81-47-42(28-78-85(74,75)83-86(76,77)82-84(71,72)73)80-51(46(47)67)63-29-62(10)45-48(63)59-52(56)60-49(45)68/h13-14,16-17,22-25,29-31,42,46-47,51,67H,11-12,15,18-21,26-28H2,1-10H3,(H7-2,56,57,58,59,60,66,68,70,71,72,73,74,75,76,77)/p+2/t30?,31?,42-,46-,47-,51-/m1/s1. The van der Waals surface area contributed by atoms with Gasteiger partial charge in [-0.1, -0.05) is 37.0 Å². The Labute approximate surface area is 495 Å². The average Bonchev–Trinajstić information content (AvgIpc) is 0.878. The molecule has 4 aliphatic heterocycles. The number of carbonyl (C=O) groups excluding carboxylic acids is 3. The second-order valence-corrected chi connectivity index (χ2v) is 27.8. The van der Waals surface area contributed by atoms with Crippen molar-refractivity contribution in [2.24, 2.45) is 7.05 Å². The number of alkyl carbamates (subject to hydrolysis) is 1. The molecule has 0 saturated carbocycles. The third kappa shape index (κ3) is 13.2. The maximum Gasteiger partial charge on any atom is 0.490 e. The van der Waals surface area contributed by atoms with Gasteiger partial charge < -0.3 is 65.1 Å². The fourth-order valence-electron chi connectivity index (χ4n) is 12.8. The van der Waals surface area contributed by atoms with Gasteiger partial charge in [0.2, 0.25) is 23.0 Å². The molecule has 9 rings (SSSR count). The number of hydrogen-bond acceptors (Lipinski definition) is 17. The van der Waals surface area contributed by atoms with E-state index in [0.29, 0.717) is 17.1 Å². The molecule has 1 fully saturated rings. The second kappa shape index (κ2) is 24.3. The van der Waals surface area contributed by atoms with Crippen molar-refractivity contribution in [3.63, 3.8) is 0 Å². The molecule has 4 unspecified atom stereocenters. The van der Waals surface area contributed by atoms with Crippen molar-refractivity contribution < 1.29 is 84.7 Å². The van der Waals surface area contributed by atoms with Crippen LogP contribution in [0.25, 0.3) is 16.7 Å². The van der Waals surface area contributed by atoms with Crippen LogP contribution >= 0.6 is 23.5 Å². The Hall–Kier alpha value is -6.38. The Balaban J connectivity index is 0.867. The molecule has 10 N–H and O–H groups in total. The number of nitrogens with zero attached hydrogens (tertiary/aromatic N) is 6. The lowest BCUT2D eigenvalue weighted by Gasteiger charge is -2.47. The first kappa shape index (κ1) is 64.1. The summed E-state index contributed by atoms with van der Waals surface area (Å²) < 4.78 is 71.3. The van der Waals surface area contributed by atoms with Crippen LogP contribution in [0.3, 0.4) is 0 Å². The number of anilines is 2. The van der Waals surface area contributed by atoms with Crippen LogP contribution in [-0.2, 0) is 48.2 Å². The fourth-order valence-corrected chi connectivity index (χ4v) is 15.8. The van der Waals surface area contributed by atoms with E-state index in [1.165, 1.54) is 29.1 Å². The topological polar surface area (TPSA) is 373 Å². The normalized spacial score (nSPS) is 22.6. The number of hydrogen-bond donors (Lipinski definition) is 9. The molecule has 2 aromatic heterocycles. The van der Waals surface area contributed by atoms with Crippen LogP contribution in [0.4, 0.5) is 16.4 Å². The first-order valence-corrected chi connectivity index (χ1v) is 32.7. The lowest BCUT2D eigenvalue weighted by Crippen LogP contribution is -2.52.